The predicted octanol–water partition coefficient (Wildman–Crippen LogP) is 5.03. The van der Waals surface area contributed by atoms with E-state index in [-0.39, 0.29) is 5.91 Å². The van der Waals surface area contributed by atoms with Crippen molar-refractivity contribution in [1.82, 2.24) is 14.9 Å². The van der Waals surface area contributed by atoms with Crippen LogP contribution in [0.3, 0.4) is 0 Å². The summed E-state index contributed by atoms with van der Waals surface area (Å²) in [5, 5.41) is 3.03. The van der Waals surface area contributed by atoms with Gasteiger partial charge in [0, 0.05) is 19.5 Å². The van der Waals surface area contributed by atoms with Crippen molar-refractivity contribution in [3.05, 3.63) is 89.2 Å². The Bertz CT molecular complexity index is 1260. The maximum atomic E-state index is 12.4. The topological polar surface area (TPSA) is 65.4 Å². The number of hydrogen-bond donors (Lipinski definition) is 1. The number of amides is 1. The Kier molecular flexibility index (Phi) is 8.03. The summed E-state index contributed by atoms with van der Waals surface area (Å²) in [6.07, 6.45) is 1.88. The number of fused-ring (bicyclic) bond motifs is 1. The molecule has 1 aromatic heterocycles. The minimum atomic E-state index is -0.000300. The maximum Gasteiger partial charge on any atom is 0.224 e. The Hall–Kier alpha value is -3.80. The van der Waals surface area contributed by atoms with Crippen molar-refractivity contribution in [2.75, 3.05) is 20.3 Å². The molecule has 35 heavy (non-hydrogen) atoms. The zero-order valence-corrected chi connectivity index (χ0v) is 20.7. The van der Waals surface area contributed by atoms with E-state index in [9.17, 15) is 4.79 Å². The minimum absolute atomic E-state index is 0.000300. The molecule has 1 N–H and O–H groups in total. The standard InChI is InChI=1S/C29H33N3O3/c1-21-17-22(2)19-25(18-21)35-16-6-15-32-27-8-5-4-7-26(27)31-28(32)13-14-30-29(33)20-23-9-11-24(34-3)12-10-23/h4-5,7-12,17-19H,6,13-16,20H2,1-3H3,(H,30,33). The Balaban J connectivity index is 1.33. The van der Waals surface area contributed by atoms with Crippen LogP contribution in [-0.2, 0) is 24.2 Å². The number of aromatic nitrogens is 2. The van der Waals surface area contributed by atoms with E-state index >= 15 is 0 Å². The fourth-order valence-electron chi connectivity index (χ4n) is 4.30. The van der Waals surface area contributed by atoms with Crippen LogP contribution in [0.1, 0.15) is 28.9 Å². The number of para-hydroxylation sites is 2. The molecule has 4 aromatic rings. The van der Waals surface area contributed by atoms with Crippen LogP contribution in [0.4, 0.5) is 0 Å². The zero-order valence-electron chi connectivity index (χ0n) is 20.7. The highest BCUT2D eigenvalue weighted by atomic mass is 16.5. The monoisotopic (exact) mass is 471 g/mol. The lowest BCUT2D eigenvalue weighted by Gasteiger charge is -2.12. The lowest BCUT2D eigenvalue weighted by Crippen LogP contribution is -2.28. The molecule has 1 amide bonds. The number of nitrogens with zero attached hydrogens (tertiary/aromatic N) is 2. The minimum Gasteiger partial charge on any atom is -0.497 e. The second-order valence-corrected chi connectivity index (χ2v) is 8.82. The molecule has 0 saturated carbocycles. The lowest BCUT2D eigenvalue weighted by atomic mass is 10.1. The molecule has 0 radical (unpaired) electrons. The van der Waals surface area contributed by atoms with Crippen LogP contribution in [0, 0.1) is 13.8 Å². The summed E-state index contributed by atoms with van der Waals surface area (Å²) in [5.41, 5.74) is 5.45. The normalized spacial score (nSPS) is 10.9. The van der Waals surface area contributed by atoms with Gasteiger partial charge in [-0.2, -0.15) is 0 Å². The van der Waals surface area contributed by atoms with E-state index in [4.69, 9.17) is 14.5 Å². The molecule has 182 valence electrons. The van der Waals surface area contributed by atoms with E-state index in [1.807, 2.05) is 42.5 Å². The number of rotatable bonds is 11. The zero-order chi connectivity index (χ0) is 24.6. The van der Waals surface area contributed by atoms with Gasteiger partial charge in [0.2, 0.25) is 5.91 Å². The quantitative estimate of drug-likeness (QED) is 0.312. The molecule has 0 bridgehead atoms. The highest BCUT2D eigenvalue weighted by Crippen LogP contribution is 2.19. The molecule has 0 atom stereocenters. The van der Waals surface area contributed by atoms with Crippen molar-refractivity contribution in [3.63, 3.8) is 0 Å². The van der Waals surface area contributed by atoms with E-state index in [1.165, 1.54) is 11.1 Å². The number of carbonyl (C=O) groups is 1. The SMILES string of the molecule is COc1ccc(CC(=O)NCCc2nc3ccccc3n2CCCOc2cc(C)cc(C)c2)cc1. The third-order valence-electron chi connectivity index (χ3n) is 5.92. The molecule has 0 saturated heterocycles. The number of benzene rings is 3. The van der Waals surface area contributed by atoms with Gasteiger partial charge in [-0.25, -0.2) is 4.98 Å². The van der Waals surface area contributed by atoms with Crippen LogP contribution in [0.25, 0.3) is 11.0 Å². The third-order valence-corrected chi connectivity index (χ3v) is 5.92. The van der Waals surface area contributed by atoms with Crippen LogP contribution >= 0.6 is 0 Å². The summed E-state index contributed by atoms with van der Waals surface area (Å²) in [4.78, 5) is 17.3. The molecular formula is C29H33N3O3. The van der Waals surface area contributed by atoms with Crippen LogP contribution in [-0.4, -0.2) is 35.7 Å². The first kappa shape index (κ1) is 24.3. The number of nitrogens with one attached hydrogen (secondary N) is 1. The number of carbonyl (C=O) groups excluding carboxylic acids is 1. The van der Waals surface area contributed by atoms with E-state index in [0.29, 0.717) is 26.0 Å². The number of hydrogen-bond acceptors (Lipinski definition) is 4. The Morgan fingerprint density at radius 2 is 1.71 bits per heavy atom. The second kappa shape index (κ2) is 11.6. The molecule has 4 rings (SSSR count). The van der Waals surface area contributed by atoms with Gasteiger partial charge in [-0.1, -0.05) is 30.3 Å². The smallest absolute Gasteiger partial charge is 0.224 e. The van der Waals surface area contributed by atoms with Gasteiger partial charge in [0.1, 0.15) is 17.3 Å². The number of imidazole rings is 1. The molecule has 3 aromatic carbocycles. The third kappa shape index (κ3) is 6.63. The van der Waals surface area contributed by atoms with E-state index < -0.39 is 0 Å². The molecule has 0 aliphatic rings. The Morgan fingerprint density at radius 3 is 2.46 bits per heavy atom. The fourth-order valence-corrected chi connectivity index (χ4v) is 4.30. The molecular weight excluding hydrogens is 438 g/mol. The van der Waals surface area contributed by atoms with Gasteiger partial charge in [-0.05, 0) is 73.4 Å². The van der Waals surface area contributed by atoms with E-state index in [1.54, 1.807) is 7.11 Å². The molecule has 0 aliphatic carbocycles. The largest absolute Gasteiger partial charge is 0.497 e. The average molecular weight is 472 g/mol. The molecule has 1 heterocycles. The molecule has 6 heteroatoms. The number of methoxy groups -OCH3 is 1. The van der Waals surface area contributed by atoms with Gasteiger partial charge in [0.25, 0.3) is 0 Å². The molecule has 0 unspecified atom stereocenters. The first-order chi connectivity index (χ1) is 17.0. The molecule has 6 nitrogen and oxygen atoms in total. The first-order valence-electron chi connectivity index (χ1n) is 12.1. The van der Waals surface area contributed by atoms with Gasteiger partial charge in [-0.3, -0.25) is 4.79 Å². The van der Waals surface area contributed by atoms with Crippen molar-refractivity contribution in [2.45, 2.75) is 39.7 Å². The summed E-state index contributed by atoms with van der Waals surface area (Å²) in [6, 6.07) is 22.0. The van der Waals surface area contributed by atoms with Crippen molar-refractivity contribution in [2.24, 2.45) is 0 Å². The van der Waals surface area contributed by atoms with Crippen LogP contribution in [0.15, 0.2) is 66.7 Å². The summed E-state index contributed by atoms with van der Waals surface area (Å²) < 4.78 is 13.4. The maximum absolute atomic E-state index is 12.4. The van der Waals surface area contributed by atoms with Crippen LogP contribution < -0.4 is 14.8 Å². The molecule has 0 spiro atoms. The van der Waals surface area contributed by atoms with Gasteiger partial charge in [-0.15, -0.1) is 0 Å². The average Bonchev–Trinajstić information content (AvgIpc) is 3.19. The van der Waals surface area contributed by atoms with Crippen LogP contribution in [0.2, 0.25) is 0 Å². The first-order valence-corrected chi connectivity index (χ1v) is 12.1. The Morgan fingerprint density at radius 1 is 0.971 bits per heavy atom. The fraction of sp³-hybridized carbons (Fsp3) is 0.310. The second-order valence-electron chi connectivity index (χ2n) is 8.82. The highest BCUT2D eigenvalue weighted by molar-refractivity contribution is 5.78. The summed E-state index contributed by atoms with van der Waals surface area (Å²) in [6.45, 7) is 6.14. The van der Waals surface area contributed by atoms with Crippen LogP contribution in [0.5, 0.6) is 11.5 Å². The number of ether oxygens (including phenoxy) is 2. The highest BCUT2D eigenvalue weighted by Gasteiger charge is 2.11. The summed E-state index contributed by atoms with van der Waals surface area (Å²) in [5.74, 6) is 2.67. The molecule has 0 aliphatic heterocycles. The van der Waals surface area contributed by atoms with Crippen molar-refractivity contribution in [3.8, 4) is 11.5 Å². The van der Waals surface area contributed by atoms with Gasteiger partial charge in [0.15, 0.2) is 0 Å². The predicted molar refractivity (Wildman–Crippen MR) is 139 cm³/mol. The Labute approximate surface area is 206 Å². The summed E-state index contributed by atoms with van der Waals surface area (Å²) >= 11 is 0. The van der Waals surface area contributed by atoms with Crippen molar-refractivity contribution >= 4 is 16.9 Å². The number of aryl methyl sites for hydroxylation is 3. The van der Waals surface area contributed by atoms with Gasteiger partial charge in [0.05, 0.1) is 31.2 Å². The lowest BCUT2D eigenvalue weighted by molar-refractivity contribution is -0.120. The van der Waals surface area contributed by atoms with Gasteiger partial charge >= 0.3 is 0 Å². The van der Waals surface area contributed by atoms with E-state index in [0.717, 1.165) is 46.9 Å². The van der Waals surface area contributed by atoms with Gasteiger partial charge < -0.3 is 19.4 Å². The summed E-state index contributed by atoms with van der Waals surface area (Å²) in [7, 11) is 1.63. The van der Waals surface area contributed by atoms with E-state index in [2.05, 4.69) is 48.0 Å². The molecule has 0 fully saturated rings. The van der Waals surface area contributed by atoms with Crippen molar-refractivity contribution < 1.29 is 14.3 Å². The van der Waals surface area contributed by atoms with Crippen molar-refractivity contribution in [1.29, 1.82) is 0 Å².